The maximum absolute atomic E-state index is 11.8. The van der Waals surface area contributed by atoms with E-state index in [9.17, 15) is 9.59 Å². The van der Waals surface area contributed by atoms with Crippen molar-refractivity contribution in [2.24, 2.45) is 0 Å². The molecule has 0 aliphatic carbocycles. The molecule has 2 aromatic rings. The summed E-state index contributed by atoms with van der Waals surface area (Å²) in [5.41, 5.74) is -0.119. The number of aromatic amines is 1. The summed E-state index contributed by atoms with van der Waals surface area (Å²) in [7, 11) is 0. The highest BCUT2D eigenvalue weighted by Crippen LogP contribution is 2.32. The molecule has 1 aromatic carbocycles. The minimum absolute atomic E-state index is 0.188. The van der Waals surface area contributed by atoms with Gasteiger partial charge in [0.2, 0.25) is 0 Å². The highest BCUT2D eigenvalue weighted by Gasteiger charge is 2.13. The summed E-state index contributed by atoms with van der Waals surface area (Å²) < 4.78 is 0. The number of nitrogens with one attached hydrogen (secondary N) is 1. The van der Waals surface area contributed by atoms with Gasteiger partial charge in [-0.1, -0.05) is 29.3 Å². The van der Waals surface area contributed by atoms with Crippen molar-refractivity contribution < 1.29 is 9.90 Å². The number of benzene rings is 1. The summed E-state index contributed by atoms with van der Waals surface area (Å²) in [5, 5.41) is 9.42. The van der Waals surface area contributed by atoms with Crippen LogP contribution in [0.3, 0.4) is 0 Å². The zero-order valence-corrected chi connectivity index (χ0v) is 10.4. The largest absolute Gasteiger partial charge is 0.477 e. The maximum atomic E-state index is 11.8. The van der Waals surface area contributed by atoms with Crippen molar-refractivity contribution in [2.75, 3.05) is 0 Å². The number of carbonyl (C=O) groups is 1. The van der Waals surface area contributed by atoms with Crippen LogP contribution in [-0.2, 0) is 0 Å². The third-order valence-corrected chi connectivity index (χ3v) is 3.00. The van der Waals surface area contributed by atoms with Crippen molar-refractivity contribution >= 4 is 29.2 Å². The van der Waals surface area contributed by atoms with Gasteiger partial charge in [0.15, 0.2) is 0 Å². The molecule has 0 aliphatic rings. The van der Waals surface area contributed by atoms with E-state index in [-0.39, 0.29) is 11.3 Å². The smallest absolute Gasteiger partial charge is 0.352 e. The summed E-state index contributed by atoms with van der Waals surface area (Å²) in [6, 6.07) is 7.54. The van der Waals surface area contributed by atoms with Crippen LogP contribution >= 0.6 is 23.2 Å². The van der Waals surface area contributed by atoms with E-state index in [0.29, 0.717) is 15.6 Å². The standard InChI is InChI=1S/C12H7Cl2NO3/c13-7-2-1-3-8(14)10(7)6-4-5-9(12(17)18)15-11(6)16/h1-5H,(H,15,16)(H,17,18). The number of carboxylic acid groups (broad SMARTS) is 1. The Labute approximate surface area is 112 Å². The van der Waals surface area contributed by atoms with Crippen LogP contribution in [0.4, 0.5) is 0 Å². The van der Waals surface area contributed by atoms with Gasteiger partial charge in [-0.2, -0.15) is 0 Å². The van der Waals surface area contributed by atoms with Gasteiger partial charge in [0, 0.05) is 11.1 Å². The van der Waals surface area contributed by atoms with Crippen molar-refractivity contribution in [1.29, 1.82) is 0 Å². The van der Waals surface area contributed by atoms with E-state index in [4.69, 9.17) is 28.3 Å². The molecule has 6 heteroatoms. The number of aromatic nitrogens is 1. The number of halogens is 2. The second kappa shape index (κ2) is 4.84. The Kier molecular flexibility index (Phi) is 3.41. The molecule has 0 amide bonds. The van der Waals surface area contributed by atoms with Gasteiger partial charge < -0.3 is 10.1 Å². The minimum atomic E-state index is -1.20. The van der Waals surface area contributed by atoms with Gasteiger partial charge >= 0.3 is 5.97 Å². The van der Waals surface area contributed by atoms with Crippen molar-refractivity contribution in [2.45, 2.75) is 0 Å². The summed E-state index contributed by atoms with van der Waals surface area (Å²) in [4.78, 5) is 24.8. The quantitative estimate of drug-likeness (QED) is 0.890. The van der Waals surface area contributed by atoms with Gasteiger partial charge in [0.05, 0.1) is 10.0 Å². The van der Waals surface area contributed by atoms with Crippen LogP contribution in [-0.4, -0.2) is 16.1 Å². The Morgan fingerprint density at radius 3 is 2.22 bits per heavy atom. The van der Waals surface area contributed by atoms with Crippen LogP contribution in [0, 0.1) is 0 Å². The zero-order chi connectivity index (χ0) is 13.3. The molecule has 1 aromatic heterocycles. The van der Waals surface area contributed by atoms with Crippen molar-refractivity contribution in [3.63, 3.8) is 0 Å². The second-order valence-corrected chi connectivity index (χ2v) is 4.33. The summed E-state index contributed by atoms with van der Waals surface area (Å²) in [6.07, 6.45) is 0. The maximum Gasteiger partial charge on any atom is 0.352 e. The highest BCUT2D eigenvalue weighted by molar-refractivity contribution is 6.39. The van der Waals surface area contributed by atoms with E-state index in [1.54, 1.807) is 18.2 Å². The molecular weight excluding hydrogens is 277 g/mol. The normalized spacial score (nSPS) is 10.3. The molecular formula is C12H7Cl2NO3. The first-order valence-corrected chi connectivity index (χ1v) is 5.67. The van der Waals surface area contributed by atoms with E-state index < -0.39 is 11.5 Å². The van der Waals surface area contributed by atoms with E-state index in [1.807, 2.05) is 0 Å². The minimum Gasteiger partial charge on any atom is -0.477 e. The van der Waals surface area contributed by atoms with Gasteiger partial charge in [-0.3, -0.25) is 4.79 Å². The zero-order valence-electron chi connectivity index (χ0n) is 8.91. The predicted molar refractivity (Wildman–Crippen MR) is 69.5 cm³/mol. The van der Waals surface area contributed by atoms with Crippen LogP contribution in [0.1, 0.15) is 10.5 Å². The van der Waals surface area contributed by atoms with Crippen molar-refractivity contribution in [1.82, 2.24) is 4.98 Å². The lowest BCUT2D eigenvalue weighted by atomic mass is 10.1. The fourth-order valence-electron chi connectivity index (χ4n) is 1.55. The van der Waals surface area contributed by atoms with Gasteiger partial charge in [-0.05, 0) is 24.3 Å². The summed E-state index contributed by atoms with van der Waals surface area (Å²) in [6.45, 7) is 0. The molecule has 1 heterocycles. The van der Waals surface area contributed by atoms with E-state index in [1.165, 1.54) is 12.1 Å². The monoisotopic (exact) mass is 283 g/mol. The fourth-order valence-corrected chi connectivity index (χ4v) is 2.15. The molecule has 0 atom stereocenters. The average molecular weight is 284 g/mol. The SMILES string of the molecule is O=C(O)c1ccc(-c2c(Cl)cccc2Cl)c(=O)[nH]1. The Hall–Kier alpha value is -1.78. The van der Waals surface area contributed by atoms with Gasteiger partial charge in [-0.25, -0.2) is 4.79 Å². The molecule has 2 rings (SSSR count). The van der Waals surface area contributed by atoms with Gasteiger partial charge in [0.1, 0.15) is 5.69 Å². The number of H-pyrrole nitrogens is 1. The Balaban J connectivity index is 2.66. The van der Waals surface area contributed by atoms with Crippen molar-refractivity contribution in [3.8, 4) is 11.1 Å². The van der Waals surface area contributed by atoms with Crippen LogP contribution < -0.4 is 5.56 Å². The number of aromatic carboxylic acids is 1. The number of rotatable bonds is 2. The molecule has 0 saturated heterocycles. The topological polar surface area (TPSA) is 70.2 Å². The average Bonchev–Trinajstić information content (AvgIpc) is 2.30. The predicted octanol–water partition coefficient (Wildman–Crippen LogP) is 3.05. The van der Waals surface area contributed by atoms with Gasteiger partial charge in [0.25, 0.3) is 5.56 Å². The molecule has 0 fully saturated rings. The Morgan fingerprint density at radius 1 is 1.11 bits per heavy atom. The van der Waals surface area contributed by atoms with Crippen LogP contribution in [0.2, 0.25) is 10.0 Å². The van der Waals surface area contributed by atoms with Crippen LogP contribution in [0.5, 0.6) is 0 Å². The molecule has 0 unspecified atom stereocenters. The molecule has 92 valence electrons. The molecule has 0 radical (unpaired) electrons. The molecule has 4 nitrogen and oxygen atoms in total. The fraction of sp³-hybridized carbons (Fsp3) is 0. The molecule has 18 heavy (non-hydrogen) atoms. The van der Waals surface area contributed by atoms with Crippen LogP contribution in [0.15, 0.2) is 35.1 Å². The lowest BCUT2D eigenvalue weighted by Gasteiger charge is -2.06. The third kappa shape index (κ3) is 2.25. The molecule has 0 saturated carbocycles. The number of pyridine rings is 1. The first kappa shape index (κ1) is 12.7. The highest BCUT2D eigenvalue weighted by atomic mass is 35.5. The third-order valence-electron chi connectivity index (χ3n) is 2.37. The number of hydrogen-bond donors (Lipinski definition) is 2. The van der Waals surface area contributed by atoms with E-state index in [0.717, 1.165) is 0 Å². The number of hydrogen-bond acceptors (Lipinski definition) is 2. The molecule has 0 spiro atoms. The molecule has 0 aliphatic heterocycles. The van der Waals surface area contributed by atoms with E-state index in [2.05, 4.69) is 4.98 Å². The van der Waals surface area contributed by atoms with Crippen LogP contribution in [0.25, 0.3) is 11.1 Å². The van der Waals surface area contributed by atoms with Gasteiger partial charge in [-0.15, -0.1) is 0 Å². The summed E-state index contributed by atoms with van der Waals surface area (Å²) in [5.74, 6) is -1.20. The summed E-state index contributed by atoms with van der Waals surface area (Å²) >= 11 is 12.0. The first-order valence-electron chi connectivity index (χ1n) is 4.91. The number of carboxylic acids is 1. The lowest BCUT2D eigenvalue weighted by Crippen LogP contribution is -2.14. The Bertz CT molecular complexity index is 659. The lowest BCUT2D eigenvalue weighted by molar-refractivity contribution is 0.0690. The van der Waals surface area contributed by atoms with Crippen molar-refractivity contribution in [3.05, 3.63) is 56.4 Å². The molecule has 0 bridgehead atoms. The first-order chi connectivity index (χ1) is 8.50. The molecule has 2 N–H and O–H groups in total. The van der Waals surface area contributed by atoms with E-state index >= 15 is 0 Å². The Morgan fingerprint density at radius 2 is 1.72 bits per heavy atom. The second-order valence-electron chi connectivity index (χ2n) is 3.52.